The summed E-state index contributed by atoms with van der Waals surface area (Å²) in [6.07, 6.45) is 2.36. The van der Waals surface area contributed by atoms with Crippen LogP contribution in [0.3, 0.4) is 0 Å². The molecule has 0 radical (unpaired) electrons. The third-order valence-corrected chi connectivity index (χ3v) is 8.79. The second-order valence-electron chi connectivity index (χ2n) is 12.5. The fourth-order valence-corrected chi connectivity index (χ4v) is 6.07. The summed E-state index contributed by atoms with van der Waals surface area (Å²) in [5.41, 5.74) is 1.01. The number of aromatic nitrogens is 3. The van der Waals surface area contributed by atoms with E-state index in [0.717, 1.165) is 32.1 Å². The number of pyridine rings is 1. The summed E-state index contributed by atoms with van der Waals surface area (Å²) >= 11 is 13.3. The predicted molar refractivity (Wildman–Crippen MR) is 172 cm³/mol. The van der Waals surface area contributed by atoms with Gasteiger partial charge in [-0.05, 0) is 30.5 Å². The Labute approximate surface area is 271 Å². The van der Waals surface area contributed by atoms with Crippen LogP contribution < -0.4 is 20.9 Å². The van der Waals surface area contributed by atoms with Crippen molar-refractivity contribution in [1.29, 1.82) is 0 Å². The van der Waals surface area contributed by atoms with Gasteiger partial charge in [-0.3, -0.25) is 14.2 Å². The lowest BCUT2D eigenvalue weighted by Crippen LogP contribution is -2.40. The van der Waals surface area contributed by atoms with Crippen LogP contribution in [-0.4, -0.2) is 65.1 Å². The highest BCUT2D eigenvalue weighted by molar-refractivity contribution is 6.39. The first kappa shape index (κ1) is 33.2. The molecule has 0 bridgehead atoms. The van der Waals surface area contributed by atoms with Crippen LogP contribution in [0.25, 0.3) is 11.2 Å². The third-order valence-electron chi connectivity index (χ3n) is 8.05. The maximum absolute atomic E-state index is 14.0. The van der Waals surface area contributed by atoms with Crippen LogP contribution in [0.1, 0.15) is 68.8 Å². The standard InChI is InChI=1S/C31H39Cl2F2N7O3/c1-31(2,3)29(44)36-16-18-9-10-21(32)25(24(18)33)39-30-38-22-15-20(28(43)37-19-7-5-4-6-8-19)26(41-11-13-45-14-12-41)40-27(22)42(30)17-23(34)35/h9-10,15,19,23H,4-8,11-14,16-17H2,1-3H3,(H,36,44)(H,37,43)(H,38,39). The zero-order valence-corrected chi connectivity index (χ0v) is 27.2. The number of nitrogens with zero attached hydrogens (tertiary/aromatic N) is 4. The van der Waals surface area contributed by atoms with E-state index >= 15 is 0 Å². The lowest BCUT2D eigenvalue weighted by atomic mass is 9.95. The monoisotopic (exact) mass is 665 g/mol. The summed E-state index contributed by atoms with van der Waals surface area (Å²) in [6, 6.07) is 4.98. The maximum atomic E-state index is 14.0. The number of imidazole rings is 1. The molecule has 0 spiro atoms. The smallest absolute Gasteiger partial charge is 0.256 e. The van der Waals surface area contributed by atoms with Crippen molar-refractivity contribution in [2.75, 3.05) is 36.5 Å². The lowest BCUT2D eigenvalue weighted by Gasteiger charge is -2.30. The summed E-state index contributed by atoms with van der Waals surface area (Å²) < 4.78 is 34.7. The number of carbonyl (C=O) groups excluding carboxylic acids is 2. The molecule has 3 aromatic rings. The van der Waals surface area contributed by atoms with Crippen molar-refractivity contribution < 1.29 is 23.1 Å². The number of amides is 2. The van der Waals surface area contributed by atoms with E-state index in [1.807, 2.05) is 4.90 Å². The number of ether oxygens (including phenoxy) is 1. The van der Waals surface area contributed by atoms with Crippen molar-refractivity contribution in [3.05, 3.63) is 39.4 Å². The molecule has 1 aliphatic heterocycles. The van der Waals surface area contributed by atoms with Crippen molar-refractivity contribution in [1.82, 2.24) is 25.2 Å². The molecule has 5 rings (SSSR count). The minimum Gasteiger partial charge on any atom is -0.378 e. The number of carbonyl (C=O) groups is 2. The van der Waals surface area contributed by atoms with Crippen LogP contribution >= 0.6 is 23.2 Å². The van der Waals surface area contributed by atoms with Gasteiger partial charge in [-0.1, -0.05) is 69.3 Å². The Morgan fingerprint density at radius 2 is 1.80 bits per heavy atom. The lowest BCUT2D eigenvalue weighted by molar-refractivity contribution is -0.128. The first-order chi connectivity index (χ1) is 21.4. The average molecular weight is 667 g/mol. The molecule has 1 aliphatic carbocycles. The summed E-state index contributed by atoms with van der Waals surface area (Å²) in [7, 11) is 0. The molecule has 0 atom stereocenters. The molecule has 45 heavy (non-hydrogen) atoms. The van der Waals surface area contributed by atoms with E-state index in [9.17, 15) is 18.4 Å². The number of fused-ring (bicyclic) bond motifs is 1. The second-order valence-corrected chi connectivity index (χ2v) is 13.3. The van der Waals surface area contributed by atoms with Crippen LogP contribution in [0.5, 0.6) is 0 Å². The van der Waals surface area contributed by atoms with E-state index in [4.69, 9.17) is 32.9 Å². The second kappa shape index (κ2) is 14.0. The Kier molecular flexibility index (Phi) is 10.3. The Morgan fingerprint density at radius 1 is 1.09 bits per heavy atom. The van der Waals surface area contributed by atoms with Crippen LogP contribution in [0.2, 0.25) is 10.0 Å². The van der Waals surface area contributed by atoms with Crippen LogP contribution in [0, 0.1) is 5.41 Å². The number of rotatable bonds is 9. The number of morpholine rings is 1. The SMILES string of the molecule is CC(C)(C)C(=O)NCc1ccc(Cl)c(Nc2nc3cc(C(=O)NC4CCCCC4)c(N4CCOCC4)nc3n2CC(F)F)c1Cl. The highest BCUT2D eigenvalue weighted by Crippen LogP contribution is 2.37. The van der Waals surface area contributed by atoms with Gasteiger partial charge in [0, 0.05) is 31.1 Å². The normalized spacial score (nSPS) is 16.3. The van der Waals surface area contributed by atoms with E-state index in [0.29, 0.717) is 43.2 Å². The van der Waals surface area contributed by atoms with E-state index in [-0.39, 0.29) is 57.2 Å². The summed E-state index contributed by atoms with van der Waals surface area (Å²) in [4.78, 5) is 37.4. The third kappa shape index (κ3) is 7.78. The molecule has 0 unspecified atom stereocenters. The van der Waals surface area contributed by atoms with Gasteiger partial charge in [-0.25, -0.2) is 18.7 Å². The molecule has 2 amide bonds. The number of halogens is 4. The molecule has 2 aromatic heterocycles. The quantitative estimate of drug-likeness (QED) is 0.246. The summed E-state index contributed by atoms with van der Waals surface area (Å²) in [5.74, 6) is 0.00278. The number of nitrogens with one attached hydrogen (secondary N) is 3. The van der Waals surface area contributed by atoms with Crippen molar-refractivity contribution >= 4 is 63.6 Å². The highest BCUT2D eigenvalue weighted by Gasteiger charge is 2.28. The number of hydrogen-bond donors (Lipinski definition) is 3. The molecule has 2 fully saturated rings. The molecule has 1 aromatic carbocycles. The van der Waals surface area contributed by atoms with Crippen molar-refractivity contribution in [3.8, 4) is 0 Å². The zero-order valence-electron chi connectivity index (χ0n) is 25.7. The number of alkyl halides is 2. The van der Waals surface area contributed by atoms with Crippen molar-refractivity contribution in [2.24, 2.45) is 5.41 Å². The molecular formula is C31H39Cl2F2N7O3. The minimum atomic E-state index is -2.73. The molecule has 14 heteroatoms. The fourth-order valence-electron chi connectivity index (χ4n) is 5.54. The van der Waals surface area contributed by atoms with Gasteiger partial charge in [0.15, 0.2) is 5.65 Å². The first-order valence-electron chi connectivity index (χ1n) is 15.3. The topological polar surface area (TPSA) is 113 Å². The zero-order chi connectivity index (χ0) is 32.3. The van der Waals surface area contributed by atoms with Gasteiger partial charge in [-0.2, -0.15) is 0 Å². The minimum absolute atomic E-state index is 0.0373. The van der Waals surface area contributed by atoms with E-state index < -0.39 is 18.4 Å². The Hall–Kier alpha value is -3.22. The van der Waals surface area contributed by atoms with Gasteiger partial charge < -0.3 is 25.6 Å². The predicted octanol–water partition coefficient (Wildman–Crippen LogP) is 6.31. The first-order valence-corrected chi connectivity index (χ1v) is 16.0. The van der Waals surface area contributed by atoms with Gasteiger partial charge in [0.2, 0.25) is 11.9 Å². The maximum Gasteiger partial charge on any atom is 0.256 e. The Morgan fingerprint density at radius 3 is 2.47 bits per heavy atom. The summed E-state index contributed by atoms with van der Waals surface area (Å²) in [6.45, 7) is 6.74. The van der Waals surface area contributed by atoms with Gasteiger partial charge in [-0.15, -0.1) is 0 Å². The molecule has 3 heterocycles. The molecule has 244 valence electrons. The molecule has 10 nitrogen and oxygen atoms in total. The van der Waals surface area contributed by atoms with E-state index in [2.05, 4.69) is 20.9 Å². The van der Waals surface area contributed by atoms with E-state index in [1.54, 1.807) is 39.0 Å². The fraction of sp³-hybridized carbons (Fsp3) is 0.548. The van der Waals surface area contributed by atoms with Gasteiger partial charge in [0.25, 0.3) is 12.3 Å². The van der Waals surface area contributed by atoms with Crippen LogP contribution in [0.4, 0.5) is 26.2 Å². The Bertz CT molecular complexity index is 1550. The average Bonchev–Trinajstić information content (AvgIpc) is 3.33. The van der Waals surface area contributed by atoms with Gasteiger partial charge in [0.1, 0.15) is 11.3 Å². The number of hydrogen-bond acceptors (Lipinski definition) is 7. The van der Waals surface area contributed by atoms with Crippen LogP contribution in [-0.2, 0) is 22.6 Å². The number of benzene rings is 1. The molecule has 3 N–H and O–H groups in total. The highest BCUT2D eigenvalue weighted by atomic mass is 35.5. The van der Waals surface area contributed by atoms with Crippen molar-refractivity contribution in [2.45, 2.75) is 78.4 Å². The Balaban J connectivity index is 1.54. The largest absolute Gasteiger partial charge is 0.378 e. The van der Waals surface area contributed by atoms with Gasteiger partial charge in [0.05, 0.1) is 41.1 Å². The van der Waals surface area contributed by atoms with Crippen molar-refractivity contribution in [3.63, 3.8) is 0 Å². The van der Waals surface area contributed by atoms with Crippen LogP contribution in [0.15, 0.2) is 18.2 Å². The van der Waals surface area contributed by atoms with Gasteiger partial charge >= 0.3 is 0 Å². The van der Waals surface area contributed by atoms with E-state index in [1.165, 1.54) is 4.57 Å². The molecule has 1 saturated carbocycles. The molecule has 2 aliphatic rings. The number of anilines is 3. The molecular weight excluding hydrogens is 627 g/mol. The summed E-state index contributed by atoms with van der Waals surface area (Å²) in [5, 5.41) is 9.49. The molecule has 1 saturated heterocycles.